The summed E-state index contributed by atoms with van der Waals surface area (Å²) >= 11 is 1.48. The molecule has 1 N–H and O–H groups in total. The zero-order chi connectivity index (χ0) is 14.5. The number of thiazole rings is 1. The van der Waals surface area contributed by atoms with Crippen LogP contribution < -0.4 is 5.32 Å². The second-order valence-corrected chi connectivity index (χ2v) is 5.18. The number of rotatable bonds is 4. The maximum atomic E-state index is 11.9. The van der Waals surface area contributed by atoms with Gasteiger partial charge in [-0.25, -0.2) is 4.98 Å². The molecule has 1 amide bonds. The van der Waals surface area contributed by atoms with E-state index in [4.69, 9.17) is 0 Å². The molecule has 3 heterocycles. The zero-order valence-electron chi connectivity index (χ0n) is 11.1. The Kier molecular flexibility index (Phi) is 3.97. The summed E-state index contributed by atoms with van der Waals surface area (Å²) in [5.41, 5.74) is 2.24. The molecule has 0 bridgehead atoms. The Morgan fingerprint density at radius 1 is 1.19 bits per heavy atom. The molecule has 3 aromatic rings. The SMILES string of the molecule is O=C(Cc1csc(-c2ccccn2)n1)Nc1cccnc1. The van der Waals surface area contributed by atoms with Gasteiger partial charge in [0.05, 0.1) is 29.7 Å². The Balaban J connectivity index is 1.66. The van der Waals surface area contributed by atoms with Gasteiger partial charge in [0.25, 0.3) is 0 Å². The molecular weight excluding hydrogens is 284 g/mol. The van der Waals surface area contributed by atoms with Gasteiger partial charge in [0.2, 0.25) is 5.91 Å². The number of hydrogen-bond acceptors (Lipinski definition) is 5. The minimum absolute atomic E-state index is 0.110. The van der Waals surface area contributed by atoms with Gasteiger partial charge in [-0.3, -0.25) is 14.8 Å². The van der Waals surface area contributed by atoms with E-state index in [1.807, 2.05) is 23.6 Å². The number of anilines is 1. The molecule has 104 valence electrons. The highest BCUT2D eigenvalue weighted by atomic mass is 32.1. The second-order valence-electron chi connectivity index (χ2n) is 4.33. The molecule has 0 atom stereocenters. The summed E-state index contributed by atoms with van der Waals surface area (Å²) in [6, 6.07) is 9.25. The average Bonchev–Trinajstić information content (AvgIpc) is 2.97. The first-order chi connectivity index (χ1) is 10.3. The number of hydrogen-bond donors (Lipinski definition) is 1. The molecule has 0 saturated heterocycles. The van der Waals surface area contributed by atoms with Crippen LogP contribution in [0.1, 0.15) is 5.69 Å². The summed E-state index contributed by atoms with van der Waals surface area (Å²) in [5.74, 6) is -0.110. The monoisotopic (exact) mass is 296 g/mol. The summed E-state index contributed by atoms with van der Waals surface area (Å²) in [7, 11) is 0. The molecule has 3 rings (SSSR count). The van der Waals surface area contributed by atoms with Crippen LogP contribution in [-0.4, -0.2) is 20.9 Å². The predicted molar refractivity (Wildman–Crippen MR) is 81.9 cm³/mol. The second kappa shape index (κ2) is 6.23. The normalized spacial score (nSPS) is 10.3. The first-order valence-corrected chi connectivity index (χ1v) is 7.25. The standard InChI is InChI=1S/C15H12N4OS/c20-14(18-11-4-3-6-16-9-11)8-12-10-21-15(19-12)13-5-1-2-7-17-13/h1-7,9-10H,8H2,(H,18,20). The van der Waals surface area contributed by atoms with Crippen molar-refractivity contribution in [2.75, 3.05) is 5.32 Å². The van der Waals surface area contributed by atoms with E-state index in [1.165, 1.54) is 11.3 Å². The molecule has 3 aromatic heterocycles. The van der Waals surface area contributed by atoms with Crippen LogP contribution in [0.3, 0.4) is 0 Å². The van der Waals surface area contributed by atoms with E-state index < -0.39 is 0 Å². The molecule has 0 saturated carbocycles. The molecule has 0 radical (unpaired) electrons. The van der Waals surface area contributed by atoms with Gasteiger partial charge in [-0.05, 0) is 24.3 Å². The highest BCUT2D eigenvalue weighted by Crippen LogP contribution is 2.21. The van der Waals surface area contributed by atoms with Gasteiger partial charge < -0.3 is 5.32 Å². The number of aromatic nitrogens is 3. The molecule has 6 heteroatoms. The summed E-state index contributed by atoms with van der Waals surface area (Å²) in [4.78, 5) is 24.6. The Morgan fingerprint density at radius 3 is 2.90 bits per heavy atom. The van der Waals surface area contributed by atoms with Crippen molar-refractivity contribution in [1.29, 1.82) is 0 Å². The van der Waals surface area contributed by atoms with Crippen molar-refractivity contribution in [3.63, 3.8) is 0 Å². The highest BCUT2D eigenvalue weighted by Gasteiger charge is 2.09. The van der Waals surface area contributed by atoms with E-state index in [2.05, 4.69) is 20.3 Å². The maximum absolute atomic E-state index is 11.9. The van der Waals surface area contributed by atoms with Crippen LogP contribution >= 0.6 is 11.3 Å². The minimum Gasteiger partial charge on any atom is -0.324 e. The van der Waals surface area contributed by atoms with Gasteiger partial charge in [0.1, 0.15) is 5.01 Å². The lowest BCUT2D eigenvalue weighted by atomic mass is 10.3. The third-order valence-electron chi connectivity index (χ3n) is 2.72. The van der Waals surface area contributed by atoms with Gasteiger partial charge in [-0.2, -0.15) is 0 Å². The number of amides is 1. The molecule has 5 nitrogen and oxygen atoms in total. The molecule has 0 fully saturated rings. The van der Waals surface area contributed by atoms with Gasteiger partial charge >= 0.3 is 0 Å². The van der Waals surface area contributed by atoms with Crippen molar-refractivity contribution < 1.29 is 4.79 Å². The number of carbonyl (C=O) groups is 1. The van der Waals surface area contributed by atoms with E-state index in [-0.39, 0.29) is 12.3 Å². The molecule has 21 heavy (non-hydrogen) atoms. The molecule has 0 spiro atoms. The number of nitrogens with zero attached hydrogens (tertiary/aromatic N) is 3. The molecule has 0 aromatic carbocycles. The molecule has 0 aliphatic heterocycles. The largest absolute Gasteiger partial charge is 0.324 e. The Bertz CT molecular complexity index is 728. The van der Waals surface area contributed by atoms with Crippen molar-refractivity contribution in [2.45, 2.75) is 6.42 Å². The summed E-state index contributed by atoms with van der Waals surface area (Å²) in [5, 5.41) is 5.49. The number of pyridine rings is 2. The van der Waals surface area contributed by atoms with Crippen LogP contribution in [0.25, 0.3) is 10.7 Å². The van der Waals surface area contributed by atoms with Crippen LogP contribution in [0, 0.1) is 0 Å². The fourth-order valence-corrected chi connectivity index (χ4v) is 2.60. The minimum atomic E-state index is -0.110. The van der Waals surface area contributed by atoms with Crippen LogP contribution in [0.4, 0.5) is 5.69 Å². The fraction of sp³-hybridized carbons (Fsp3) is 0.0667. The topological polar surface area (TPSA) is 67.8 Å². The van der Waals surface area contributed by atoms with Crippen LogP contribution in [0.2, 0.25) is 0 Å². The van der Waals surface area contributed by atoms with Gasteiger partial charge in [-0.1, -0.05) is 6.07 Å². The van der Waals surface area contributed by atoms with Gasteiger partial charge in [0.15, 0.2) is 0 Å². The van der Waals surface area contributed by atoms with Gasteiger partial charge in [-0.15, -0.1) is 11.3 Å². The van der Waals surface area contributed by atoms with Crippen molar-refractivity contribution in [2.24, 2.45) is 0 Å². The third-order valence-corrected chi connectivity index (χ3v) is 3.64. The Hall–Kier alpha value is -2.60. The summed E-state index contributed by atoms with van der Waals surface area (Å²) < 4.78 is 0. The number of nitrogens with one attached hydrogen (secondary N) is 1. The first kappa shape index (κ1) is 13.4. The third kappa shape index (κ3) is 3.49. The lowest BCUT2D eigenvalue weighted by Crippen LogP contribution is -2.14. The lowest BCUT2D eigenvalue weighted by Gasteiger charge is -2.02. The first-order valence-electron chi connectivity index (χ1n) is 6.37. The maximum Gasteiger partial charge on any atom is 0.230 e. The predicted octanol–water partition coefficient (Wildman–Crippen LogP) is 2.78. The average molecular weight is 296 g/mol. The summed E-state index contributed by atoms with van der Waals surface area (Å²) in [6.45, 7) is 0. The van der Waals surface area contributed by atoms with E-state index in [0.717, 1.165) is 16.4 Å². The molecule has 0 unspecified atom stereocenters. The van der Waals surface area contributed by atoms with Crippen LogP contribution in [-0.2, 0) is 11.2 Å². The van der Waals surface area contributed by atoms with E-state index in [0.29, 0.717) is 5.69 Å². The fourth-order valence-electron chi connectivity index (χ4n) is 1.80. The van der Waals surface area contributed by atoms with Crippen molar-refractivity contribution in [1.82, 2.24) is 15.0 Å². The van der Waals surface area contributed by atoms with Crippen molar-refractivity contribution in [3.8, 4) is 10.7 Å². The van der Waals surface area contributed by atoms with Crippen LogP contribution in [0.15, 0.2) is 54.3 Å². The number of carbonyl (C=O) groups excluding carboxylic acids is 1. The smallest absolute Gasteiger partial charge is 0.230 e. The molecular formula is C15H12N4OS. The van der Waals surface area contributed by atoms with Crippen LogP contribution in [0.5, 0.6) is 0 Å². The Labute approximate surface area is 125 Å². The quantitative estimate of drug-likeness (QED) is 0.804. The van der Waals surface area contributed by atoms with Crippen molar-refractivity contribution >= 4 is 22.9 Å². The lowest BCUT2D eigenvalue weighted by molar-refractivity contribution is -0.115. The van der Waals surface area contributed by atoms with E-state index >= 15 is 0 Å². The zero-order valence-corrected chi connectivity index (χ0v) is 11.9. The molecule has 0 aliphatic rings. The summed E-state index contributed by atoms with van der Waals surface area (Å²) in [6.07, 6.45) is 5.23. The van der Waals surface area contributed by atoms with E-state index in [9.17, 15) is 4.79 Å². The van der Waals surface area contributed by atoms with E-state index in [1.54, 1.807) is 30.7 Å². The highest BCUT2D eigenvalue weighted by molar-refractivity contribution is 7.13. The van der Waals surface area contributed by atoms with Crippen molar-refractivity contribution in [3.05, 3.63) is 60.0 Å². The van der Waals surface area contributed by atoms with Gasteiger partial charge in [0, 0.05) is 17.8 Å². The Morgan fingerprint density at radius 2 is 2.14 bits per heavy atom. The molecule has 0 aliphatic carbocycles.